The minimum atomic E-state index is -0.361. The summed E-state index contributed by atoms with van der Waals surface area (Å²) in [5.74, 6) is 0.256. The van der Waals surface area contributed by atoms with E-state index in [9.17, 15) is 9.59 Å². The molecule has 0 aromatic rings. The quantitative estimate of drug-likeness (QED) is 0.507. The second-order valence-corrected chi connectivity index (χ2v) is 3.87. The van der Waals surface area contributed by atoms with Gasteiger partial charge in [-0.15, -0.1) is 0 Å². The van der Waals surface area contributed by atoms with Crippen molar-refractivity contribution in [2.45, 2.75) is 31.7 Å². The lowest BCUT2D eigenvalue weighted by Crippen LogP contribution is -2.31. The summed E-state index contributed by atoms with van der Waals surface area (Å²) in [6.07, 6.45) is 8.48. The first-order chi connectivity index (χ1) is 6.75. The second kappa shape index (κ2) is 3.82. The van der Waals surface area contributed by atoms with Crippen LogP contribution in [0.4, 0.5) is 4.79 Å². The molecule has 2 N–H and O–H groups in total. The van der Waals surface area contributed by atoms with Crippen LogP contribution < -0.4 is 10.6 Å². The predicted molar refractivity (Wildman–Crippen MR) is 51.6 cm³/mol. The van der Waals surface area contributed by atoms with Crippen LogP contribution in [0.25, 0.3) is 0 Å². The molecular formula is C10H14N2O2. The maximum absolute atomic E-state index is 11.2. The van der Waals surface area contributed by atoms with E-state index in [-0.39, 0.29) is 18.0 Å². The molecule has 0 aromatic carbocycles. The number of imide groups is 1. The van der Waals surface area contributed by atoms with Gasteiger partial charge in [-0.1, -0.05) is 12.2 Å². The summed E-state index contributed by atoms with van der Waals surface area (Å²) in [4.78, 5) is 22.1. The third-order valence-corrected chi connectivity index (χ3v) is 2.75. The number of allylic oxidation sites excluding steroid dienone is 2. The minimum Gasteiger partial charge on any atom is -0.326 e. The molecule has 0 saturated carbocycles. The molecule has 4 heteroatoms. The Balaban J connectivity index is 1.90. The Kier molecular flexibility index (Phi) is 2.52. The van der Waals surface area contributed by atoms with Gasteiger partial charge in [-0.2, -0.15) is 0 Å². The van der Waals surface area contributed by atoms with Gasteiger partial charge in [0.1, 0.15) is 6.04 Å². The minimum absolute atomic E-state index is 0.186. The molecule has 1 saturated heterocycles. The largest absolute Gasteiger partial charge is 0.326 e. The molecule has 0 bridgehead atoms. The van der Waals surface area contributed by atoms with Crippen LogP contribution in [0.15, 0.2) is 12.2 Å². The van der Waals surface area contributed by atoms with E-state index in [4.69, 9.17) is 0 Å². The van der Waals surface area contributed by atoms with Crippen molar-refractivity contribution in [3.05, 3.63) is 12.2 Å². The summed E-state index contributed by atoms with van der Waals surface area (Å²) in [6.45, 7) is 0. The third kappa shape index (κ3) is 1.95. The van der Waals surface area contributed by atoms with Crippen molar-refractivity contribution in [2.75, 3.05) is 0 Å². The molecule has 1 aliphatic carbocycles. The highest BCUT2D eigenvalue weighted by molar-refractivity contribution is 6.04. The lowest BCUT2D eigenvalue weighted by Gasteiger charge is -2.18. The lowest BCUT2D eigenvalue weighted by atomic mass is 9.90. The first-order valence-corrected chi connectivity index (χ1v) is 5.04. The topological polar surface area (TPSA) is 58.2 Å². The van der Waals surface area contributed by atoms with Crippen LogP contribution in [0.5, 0.6) is 0 Å². The van der Waals surface area contributed by atoms with Crippen LogP contribution >= 0.6 is 0 Å². The van der Waals surface area contributed by atoms with E-state index in [0.717, 1.165) is 19.3 Å². The van der Waals surface area contributed by atoms with E-state index >= 15 is 0 Å². The fraction of sp³-hybridized carbons (Fsp3) is 0.600. The number of carbonyl (C=O) groups excluding carboxylic acids is 2. The molecule has 0 aromatic heterocycles. The fourth-order valence-corrected chi connectivity index (χ4v) is 2.01. The van der Waals surface area contributed by atoms with E-state index in [1.165, 1.54) is 6.42 Å². The van der Waals surface area contributed by atoms with Crippen molar-refractivity contribution in [1.82, 2.24) is 10.6 Å². The number of urea groups is 1. The molecular weight excluding hydrogens is 180 g/mol. The van der Waals surface area contributed by atoms with E-state index < -0.39 is 0 Å². The summed E-state index contributed by atoms with van der Waals surface area (Å²) >= 11 is 0. The van der Waals surface area contributed by atoms with Gasteiger partial charge < -0.3 is 5.32 Å². The standard InChI is InChI=1S/C10H14N2O2/c13-9-8(11-10(14)12-9)6-7-4-2-1-3-5-7/h2,4,7-8H,1,3,5-6H2,(H2,11,12,13,14). The zero-order valence-electron chi connectivity index (χ0n) is 7.95. The van der Waals surface area contributed by atoms with Crippen LogP contribution in [-0.2, 0) is 4.79 Å². The number of carbonyl (C=O) groups is 2. The number of hydrogen-bond acceptors (Lipinski definition) is 2. The molecule has 2 atom stereocenters. The van der Waals surface area contributed by atoms with Gasteiger partial charge in [0.2, 0.25) is 0 Å². The number of hydrogen-bond donors (Lipinski definition) is 2. The normalized spacial score (nSPS) is 31.4. The molecule has 76 valence electrons. The van der Waals surface area contributed by atoms with Crippen molar-refractivity contribution >= 4 is 11.9 Å². The third-order valence-electron chi connectivity index (χ3n) is 2.75. The van der Waals surface area contributed by atoms with E-state index in [0.29, 0.717) is 5.92 Å². The molecule has 3 amide bonds. The fourth-order valence-electron chi connectivity index (χ4n) is 2.01. The molecule has 1 fully saturated rings. The molecule has 2 unspecified atom stereocenters. The summed E-state index contributed by atoms with van der Waals surface area (Å²) in [5, 5.41) is 4.86. The summed E-state index contributed by atoms with van der Waals surface area (Å²) in [7, 11) is 0. The Morgan fingerprint density at radius 3 is 2.86 bits per heavy atom. The molecule has 1 heterocycles. The maximum Gasteiger partial charge on any atom is 0.322 e. The van der Waals surface area contributed by atoms with Crippen molar-refractivity contribution in [3.63, 3.8) is 0 Å². The molecule has 14 heavy (non-hydrogen) atoms. The Labute approximate surface area is 82.7 Å². The van der Waals surface area contributed by atoms with Crippen LogP contribution in [0.3, 0.4) is 0 Å². The Morgan fingerprint density at radius 2 is 2.29 bits per heavy atom. The highest BCUT2D eigenvalue weighted by Crippen LogP contribution is 2.22. The first kappa shape index (κ1) is 9.24. The van der Waals surface area contributed by atoms with Gasteiger partial charge in [-0.25, -0.2) is 4.79 Å². The first-order valence-electron chi connectivity index (χ1n) is 5.04. The molecule has 2 rings (SSSR count). The Hall–Kier alpha value is -1.32. The zero-order valence-corrected chi connectivity index (χ0v) is 7.95. The molecule has 0 radical (unpaired) electrons. The van der Waals surface area contributed by atoms with Crippen LogP contribution in [0, 0.1) is 5.92 Å². The number of amides is 3. The molecule has 0 spiro atoms. The van der Waals surface area contributed by atoms with Gasteiger partial charge in [-0.3, -0.25) is 10.1 Å². The van der Waals surface area contributed by atoms with Gasteiger partial charge in [0, 0.05) is 0 Å². The number of rotatable bonds is 2. The van der Waals surface area contributed by atoms with Crippen molar-refractivity contribution < 1.29 is 9.59 Å². The molecule has 1 aliphatic heterocycles. The highest BCUT2D eigenvalue weighted by Gasteiger charge is 2.30. The Bertz CT molecular complexity index is 286. The second-order valence-electron chi connectivity index (χ2n) is 3.87. The average molecular weight is 194 g/mol. The van der Waals surface area contributed by atoms with Gasteiger partial charge in [-0.05, 0) is 31.6 Å². The van der Waals surface area contributed by atoms with Gasteiger partial charge in [0.25, 0.3) is 5.91 Å². The van der Waals surface area contributed by atoms with Crippen molar-refractivity contribution in [3.8, 4) is 0 Å². The van der Waals surface area contributed by atoms with E-state index in [1.54, 1.807) is 0 Å². The van der Waals surface area contributed by atoms with E-state index in [2.05, 4.69) is 22.8 Å². The summed E-state index contributed by atoms with van der Waals surface area (Å²) in [5.41, 5.74) is 0. The highest BCUT2D eigenvalue weighted by atomic mass is 16.2. The monoisotopic (exact) mass is 194 g/mol. The van der Waals surface area contributed by atoms with E-state index in [1.807, 2.05) is 0 Å². The lowest BCUT2D eigenvalue weighted by molar-refractivity contribution is -0.120. The summed E-state index contributed by atoms with van der Waals surface area (Å²) < 4.78 is 0. The summed E-state index contributed by atoms with van der Waals surface area (Å²) in [6, 6.07) is -0.685. The zero-order chi connectivity index (χ0) is 9.97. The SMILES string of the molecule is O=C1NC(=O)C(CC2C=CCCC2)N1. The van der Waals surface area contributed by atoms with Crippen LogP contribution in [0.2, 0.25) is 0 Å². The van der Waals surface area contributed by atoms with Crippen LogP contribution in [-0.4, -0.2) is 18.0 Å². The average Bonchev–Trinajstić information content (AvgIpc) is 2.47. The smallest absolute Gasteiger partial charge is 0.322 e. The number of nitrogens with one attached hydrogen (secondary N) is 2. The molecule has 2 aliphatic rings. The Morgan fingerprint density at radius 1 is 1.43 bits per heavy atom. The van der Waals surface area contributed by atoms with Gasteiger partial charge in [0.05, 0.1) is 0 Å². The van der Waals surface area contributed by atoms with Crippen molar-refractivity contribution in [2.24, 2.45) is 5.92 Å². The maximum atomic E-state index is 11.2. The predicted octanol–water partition coefficient (Wildman–Crippen LogP) is 0.941. The molecule has 4 nitrogen and oxygen atoms in total. The van der Waals surface area contributed by atoms with Gasteiger partial charge in [0.15, 0.2) is 0 Å². The van der Waals surface area contributed by atoms with Crippen LogP contribution in [0.1, 0.15) is 25.7 Å². The van der Waals surface area contributed by atoms with Gasteiger partial charge >= 0.3 is 6.03 Å². The van der Waals surface area contributed by atoms with Crippen molar-refractivity contribution in [1.29, 1.82) is 0 Å².